The van der Waals surface area contributed by atoms with E-state index in [9.17, 15) is 4.79 Å². The van der Waals surface area contributed by atoms with E-state index in [4.69, 9.17) is 9.97 Å². The second-order valence-electron chi connectivity index (χ2n) is 8.50. The van der Waals surface area contributed by atoms with E-state index in [2.05, 4.69) is 38.8 Å². The molecule has 5 rings (SSSR count). The Morgan fingerprint density at radius 3 is 2.53 bits per heavy atom. The van der Waals surface area contributed by atoms with E-state index >= 15 is 0 Å². The minimum absolute atomic E-state index is 0.234. The van der Waals surface area contributed by atoms with Gasteiger partial charge in [-0.3, -0.25) is 15.1 Å². The van der Waals surface area contributed by atoms with Gasteiger partial charge in [0.15, 0.2) is 11.0 Å². The maximum absolute atomic E-state index is 12.8. The van der Waals surface area contributed by atoms with E-state index in [1.54, 1.807) is 24.5 Å². The molecule has 8 heteroatoms. The number of allylic oxidation sites excluding steroid dienone is 2. The Morgan fingerprint density at radius 1 is 0.947 bits per heavy atom. The van der Waals surface area contributed by atoms with E-state index in [1.165, 1.54) is 11.3 Å². The van der Waals surface area contributed by atoms with Crippen LogP contribution in [0.25, 0.3) is 27.6 Å². The molecule has 3 aromatic heterocycles. The first-order valence-electron chi connectivity index (χ1n) is 12.2. The molecule has 0 aliphatic rings. The molecular formula is C30H26N6OS. The Balaban J connectivity index is 1.56. The summed E-state index contributed by atoms with van der Waals surface area (Å²) in [6, 6.07) is 22.1. The molecule has 38 heavy (non-hydrogen) atoms. The molecule has 0 aliphatic carbocycles. The molecule has 7 nitrogen and oxygen atoms in total. The Kier molecular flexibility index (Phi) is 7.61. The van der Waals surface area contributed by atoms with Crippen LogP contribution in [0.4, 0.5) is 10.9 Å². The number of hydrogen-bond donors (Lipinski definition) is 2. The maximum Gasteiger partial charge on any atom is 0.257 e. The van der Waals surface area contributed by atoms with Gasteiger partial charge in [0.05, 0.1) is 23.1 Å². The molecular weight excluding hydrogens is 492 g/mol. The van der Waals surface area contributed by atoms with Crippen LogP contribution in [0.1, 0.15) is 25.4 Å². The number of pyridine rings is 1. The third kappa shape index (κ3) is 5.66. The molecule has 0 spiro atoms. The molecule has 5 aromatic rings. The van der Waals surface area contributed by atoms with Crippen LogP contribution >= 0.6 is 11.3 Å². The summed E-state index contributed by atoms with van der Waals surface area (Å²) in [4.78, 5) is 31.2. The number of rotatable bonds is 8. The van der Waals surface area contributed by atoms with Crippen molar-refractivity contribution in [2.45, 2.75) is 20.4 Å². The minimum Gasteiger partial charge on any atom is -0.364 e. The lowest BCUT2D eigenvalue weighted by atomic mass is 10.0. The van der Waals surface area contributed by atoms with Crippen molar-refractivity contribution < 1.29 is 4.79 Å². The van der Waals surface area contributed by atoms with Crippen molar-refractivity contribution in [3.05, 3.63) is 114 Å². The molecule has 0 saturated carbocycles. The van der Waals surface area contributed by atoms with E-state index in [0.29, 0.717) is 28.9 Å². The van der Waals surface area contributed by atoms with Gasteiger partial charge in [-0.2, -0.15) is 0 Å². The summed E-state index contributed by atoms with van der Waals surface area (Å²) in [5, 5.41) is 9.62. The van der Waals surface area contributed by atoms with Crippen LogP contribution in [-0.4, -0.2) is 25.8 Å². The lowest BCUT2D eigenvalue weighted by Crippen LogP contribution is -2.13. The zero-order chi connectivity index (χ0) is 26.3. The van der Waals surface area contributed by atoms with Crippen molar-refractivity contribution >= 4 is 44.7 Å². The Hall–Kier alpha value is -4.69. The smallest absolute Gasteiger partial charge is 0.257 e. The highest BCUT2D eigenvalue weighted by atomic mass is 32.1. The van der Waals surface area contributed by atoms with Gasteiger partial charge in [-0.25, -0.2) is 15.0 Å². The van der Waals surface area contributed by atoms with Gasteiger partial charge >= 0.3 is 0 Å². The molecule has 0 bridgehead atoms. The SMILES string of the molecule is C/C=C(\C=C(/C)c1nc(NCc2ccccn2)c2c(-c3ccccc3)cccc2n1)C(=O)Nc1nccs1. The second-order valence-corrected chi connectivity index (χ2v) is 9.39. The fourth-order valence-electron chi connectivity index (χ4n) is 4.05. The van der Waals surface area contributed by atoms with Crippen LogP contribution in [0, 0.1) is 0 Å². The Morgan fingerprint density at radius 2 is 1.79 bits per heavy atom. The number of thiazole rings is 1. The number of carbonyl (C=O) groups is 1. The fraction of sp³-hybridized carbons (Fsp3) is 0.100. The van der Waals surface area contributed by atoms with Crippen molar-refractivity contribution in [3.63, 3.8) is 0 Å². The van der Waals surface area contributed by atoms with Gasteiger partial charge in [-0.05, 0) is 54.8 Å². The average molecular weight is 519 g/mol. The number of anilines is 2. The topological polar surface area (TPSA) is 92.7 Å². The van der Waals surface area contributed by atoms with E-state index in [1.807, 2.05) is 67.8 Å². The van der Waals surface area contributed by atoms with Crippen molar-refractivity contribution in [2.24, 2.45) is 0 Å². The minimum atomic E-state index is -0.234. The predicted octanol–water partition coefficient (Wildman–Crippen LogP) is 6.75. The number of nitrogens with one attached hydrogen (secondary N) is 2. The predicted molar refractivity (Wildman–Crippen MR) is 155 cm³/mol. The molecule has 188 valence electrons. The van der Waals surface area contributed by atoms with Crippen molar-refractivity contribution in [2.75, 3.05) is 10.6 Å². The van der Waals surface area contributed by atoms with E-state index in [-0.39, 0.29) is 5.91 Å². The molecule has 0 fully saturated rings. The van der Waals surface area contributed by atoms with E-state index < -0.39 is 0 Å². The largest absolute Gasteiger partial charge is 0.364 e. The van der Waals surface area contributed by atoms with Crippen molar-refractivity contribution in [1.29, 1.82) is 0 Å². The number of hydrogen-bond acceptors (Lipinski definition) is 7. The van der Waals surface area contributed by atoms with Gasteiger partial charge in [0.1, 0.15) is 5.82 Å². The Bertz CT molecular complexity index is 1610. The molecule has 3 heterocycles. The highest BCUT2D eigenvalue weighted by Gasteiger charge is 2.15. The number of carbonyl (C=O) groups excluding carboxylic acids is 1. The summed E-state index contributed by atoms with van der Waals surface area (Å²) in [6.07, 6.45) is 7.00. The summed E-state index contributed by atoms with van der Waals surface area (Å²) < 4.78 is 0. The summed E-state index contributed by atoms with van der Waals surface area (Å²) in [7, 11) is 0. The fourth-order valence-corrected chi connectivity index (χ4v) is 4.58. The summed E-state index contributed by atoms with van der Waals surface area (Å²) in [5.74, 6) is 1.01. The third-order valence-electron chi connectivity index (χ3n) is 5.92. The monoisotopic (exact) mass is 518 g/mol. The first-order chi connectivity index (χ1) is 18.6. The lowest BCUT2D eigenvalue weighted by molar-refractivity contribution is -0.112. The molecule has 0 saturated heterocycles. The number of nitrogens with zero attached hydrogens (tertiary/aromatic N) is 4. The average Bonchev–Trinajstić information content (AvgIpc) is 3.48. The normalized spacial score (nSPS) is 11.9. The maximum atomic E-state index is 12.8. The standard InChI is InChI=1S/C30H26N6OS/c1-3-21(29(37)36-30-32-16-17-38-30)18-20(2)27-34-25-14-9-13-24(22-10-5-4-6-11-22)26(25)28(35-27)33-19-23-12-7-8-15-31-23/h3-18H,19H2,1-2H3,(H,32,36,37)(H,33,34,35)/b20-18+,21-3+. The molecule has 2 N–H and O–H groups in total. The molecule has 0 aliphatic heterocycles. The first kappa shape index (κ1) is 25.0. The van der Waals surface area contributed by atoms with Crippen LogP contribution in [-0.2, 0) is 11.3 Å². The number of amides is 1. The molecule has 0 radical (unpaired) electrons. The lowest BCUT2D eigenvalue weighted by Gasteiger charge is -2.15. The molecule has 1 amide bonds. The van der Waals surface area contributed by atoms with Gasteiger partial charge in [0.2, 0.25) is 0 Å². The zero-order valence-electron chi connectivity index (χ0n) is 21.1. The van der Waals surface area contributed by atoms with Gasteiger partial charge in [-0.1, -0.05) is 54.6 Å². The molecule has 0 unspecified atom stereocenters. The van der Waals surface area contributed by atoms with Gasteiger partial charge in [0, 0.05) is 23.3 Å². The van der Waals surface area contributed by atoms with Crippen molar-refractivity contribution in [3.8, 4) is 11.1 Å². The van der Waals surface area contributed by atoms with Gasteiger partial charge in [0.25, 0.3) is 5.91 Å². The summed E-state index contributed by atoms with van der Waals surface area (Å²) >= 11 is 1.37. The highest BCUT2D eigenvalue weighted by molar-refractivity contribution is 7.13. The van der Waals surface area contributed by atoms with Crippen LogP contribution < -0.4 is 10.6 Å². The Labute approximate surface area is 225 Å². The van der Waals surface area contributed by atoms with Gasteiger partial charge in [-0.15, -0.1) is 11.3 Å². The van der Waals surface area contributed by atoms with Crippen LogP contribution in [0.5, 0.6) is 0 Å². The van der Waals surface area contributed by atoms with E-state index in [0.717, 1.165) is 33.3 Å². The van der Waals surface area contributed by atoms with Crippen LogP contribution in [0.15, 0.2) is 102 Å². The zero-order valence-corrected chi connectivity index (χ0v) is 21.9. The molecule has 0 atom stereocenters. The second kappa shape index (κ2) is 11.6. The first-order valence-corrected chi connectivity index (χ1v) is 13.1. The quantitative estimate of drug-likeness (QED) is 0.174. The summed E-state index contributed by atoms with van der Waals surface area (Å²) in [5.41, 5.74) is 5.10. The number of benzene rings is 2. The third-order valence-corrected chi connectivity index (χ3v) is 6.61. The van der Waals surface area contributed by atoms with Crippen molar-refractivity contribution in [1.82, 2.24) is 19.9 Å². The number of fused-ring (bicyclic) bond motifs is 1. The van der Waals surface area contributed by atoms with Crippen LogP contribution in [0.3, 0.4) is 0 Å². The van der Waals surface area contributed by atoms with Crippen LogP contribution in [0.2, 0.25) is 0 Å². The summed E-state index contributed by atoms with van der Waals surface area (Å²) in [6.45, 7) is 4.24. The van der Waals surface area contributed by atoms with Gasteiger partial charge < -0.3 is 5.32 Å². The number of aromatic nitrogens is 4. The highest BCUT2D eigenvalue weighted by Crippen LogP contribution is 2.33. The molecule has 2 aromatic carbocycles.